The molecule has 5 heterocycles. The van der Waals surface area contributed by atoms with Crippen molar-refractivity contribution in [1.29, 1.82) is 0 Å². The first kappa shape index (κ1) is 21.4. The van der Waals surface area contributed by atoms with Crippen LogP contribution in [0.5, 0.6) is 0 Å². The number of hydrogen-bond acceptors (Lipinski definition) is 8. The van der Waals surface area contributed by atoms with E-state index in [1.165, 1.54) is 12.8 Å². The highest BCUT2D eigenvalue weighted by molar-refractivity contribution is 5.91. The minimum Gasteiger partial charge on any atom is -0.367 e. The van der Waals surface area contributed by atoms with E-state index in [9.17, 15) is 4.79 Å². The van der Waals surface area contributed by atoms with E-state index in [-0.39, 0.29) is 12.1 Å². The van der Waals surface area contributed by atoms with Crippen molar-refractivity contribution in [2.75, 3.05) is 31.3 Å². The average molecular weight is 439 g/mol. The summed E-state index contributed by atoms with van der Waals surface area (Å²) in [5, 5.41) is 8.28. The summed E-state index contributed by atoms with van der Waals surface area (Å²) in [5.41, 5.74) is 7.45. The number of nitrogens with one attached hydrogen (secondary N) is 4. The molecule has 3 aliphatic rings. The lowest BCUT2D eigenvalue weighted by Gasteiger charge is -2.39. The van der Waals surface area contributed by atoms with Gasteiger partial charge in [-0.3, -0.25) is 20.1 Å². The van der Waals surface area contributed by atoms with Gasteiger partial charge in [-0.2, -0.15) is 0 Å². The molecule has 5 rings (SSSR count). The number of hydrazine groups is 1. The first-order valence-corrected chi connectivity index (χ1v) is 11.7. The van der Waals surface area contributed by atoms with E-state index in [1.807, 2.05) is 32.4 Å². The normalized spacial score (nSPS) is 29.9. The highest BCUT2D eigenvalue weighted by Crippen LogP contribution is 2.37. The van der Waals surface area contributed by atoms with Crippen molar-refractivity contribution in [3.63, 3.8) is 0 Å². The predicted octanol–water partition coefficient (Wildman–Crippen LogP) is 1.75. The van der Waals surface area contributed by atoms with Gasteiger partial charge in [-0.15, -0.1) is 0 Å². The third-order valence-corrected chi connectivity index (χ3v) is 7.06. The van der Waals surface area contributed by atoms with Crippen LogP contribution in [0.2, 0.25) is 0 Å². The van der Waals surface area contributed by atoms with Crippen LogP contribution in [0, 0.1) is 0 Å². The molecule has 0 radical (unpaired) electrons. The molecule has 1 amide bonds. The van der Waals surface area contributed by atoms with Gasteiger partial charge in [0, 0.05) is 55.9 Å². The maximum Gasteiger partial charge on any atom is 0.236 e. The van der Waals surface area contributed by atoms with Gasteiger partial charge in [0.05, 0.1) is 18.2 Å². The number of anilines is 2. The Morgan fingerprint density at radius 3 is 2.66 bits per heavy atom. The number of rotatable bonds is 6. The molecular weight excluding hydrogens is 404 g/mol. The summed E-state index contributed by atoms with van der Waals surface area (Å²) in [5.74, 6) is 1.90. The number of aromatic nitrogens is 2. The monoisotopic (exact) mass is 438 g/mol. The molecule has 2 aromatic rings. The molecule has 172 valence electrons. The Balaban J connectivity index is 1.32. The molecule has 3 saturated heterocycles. The van der Waals surface area contributed by atoms with Crippen molar-refractivity contribution >= 4 is 28.4 Å². The summed E-state index contributed by atoms with van der Waals surface area (Å²) in [6.45, 7) is 2.68. The largest absolute Gasteiger partial charge is 0.367 e. The molecule has 3 fully saturated rings. The van der Waals surface area contributed by atoms with Gasteiger partial charge in [0.25, 0.3) is 0 Å². The van der Waals surface area contributed by atoms with Crippen molar-refractivity contribution in [3.05, 3.63) is 24.4 Å². The van der Waals surface area contributed by atoms with Crippen LogP contribution in [-0.4, -0.2) is 76.6 Å². The van der Waals surface area contributed by atoms with E-state index >= 15 is 0 Å². The second-order valence-electron chi connectivity index (χ2n) is 9.71. The van der Waals surface area contributed by atoms with Crippen molar-refractivity contribution in [3.8, 4) is 0 Å². The quantitative estimate of drug-likeness (QED) is 0.542. The molecule has 4 N–H and O–H groups in total. The lowest BCUT2D eigenvalue weighted by Crippen LogP contribution is -2.50. The Labute approximate surface area is 189 Å². The minimum atomic E-state index is 0.139. The number of nitrogens with zero attached hydrogens (tertiary/aromatic N) is 4. The fourth-order valence-electron chi connectivity index (χ4n) is 5.39. The Morgan fingerprint density at radius 2 is 1.97 bits per heavy atom. The number of hydrogen-bond donors (Lipinski definition) is 4. The molecule has 0 saturated carbocycles. The van der Waals surface area contributed by atoms with Gasteiger partial charge in [-0.25, -0.2) is 10.4 Å². The van der Waals surface area contributed by atoms with Crippen molar-refractivity contribution in [2.24, 2.45) is 0 Å². The second-order valence-corrected chi connectivity index (χ2v) is 9.71. The van der Waals surface area contributed by atoms with Gasteiger partial charge in [-0.1, -0.05) is 0 Å². The molecule has 32 heavy (non-hydrogen) atoms. The number of piperidine rings is 1. The third-order valence-electron chi connectivity index (χ3n) is 7.06. The standard InChI is InChI=1S/C23H34N8O/c1-14-9-21(29-28-14)26-20-12-19-18(5-4-8-24-19)23(27-20)25-15-10-16-6-7-17(11-15)31(16)13-22(32)30(2)3/h4-5,8,12,14-17,21,28-29H,6-7,9-11,13H2,1-3H3,(H2,25,26,27)/t14?,15?,16-,17+,21?. The van der Waals surface area contributed by atoms with Crippen molar-refractivity contribution < 1.29 is 4.79 Å². The highest BCUT2D eigenvalue weighted by Gasteiger charge is 2.41. The van der Waals surface area contributed by atoms with E-state index in [1.54, 1.807) is 4.90 Å². The van der Waals surface area contributed by atoms with E-state index in [2.05, 4.69) is 44.4 Å². The van der Waals surface area contributed by atoms with Gasteiger partial charge < -0.3 is 15.5 Å². The fraction of sp³-hybridized carbons (Fsp3) is 0.609. The zero-order chi connectivity index (χ0) is 22.2. The van der Waals surface area contributed by atoms with Crippen LogP contribution in [0.4, 0.5) is 11.6 Å². The van der Waals surface area contributed by atoms with Gasteiger partial charge in [-0.05, 0) is 51.2 Å². The van der Waals surface area contributed by atoms with E-state index in [0.717, 1.165) is 41.8 Å². The summed E-state index contributed by atoms with van der Waals surface area (Å²) < 4.78 is 0. The Kier molecular flexibility index (Phi) is 5.88. The SMILES string of the molecule is CC1CC(Nc2cc3ncccc3c(NC3C[C@H]4CC[C@@H](C3)N4CC(=O)N(C)C)n2)NN1. The zero-order valence-electron chi connectivity index (χ0n) is 19.1. The number of carbonyl (C=O) groups excluding carboxylic acids is 1. The van der Waals surface area contributed by atoms with Crippen LogP contribution in [0.3, 0.4) is 0 Å². The minimum absolute atomic E-state index is 0.139. The smallest absolute Gasteiger partial charge is 0.236 e. The summed E-state index contributed by atoms with van der Waals surface area (Å²) in [6, 6.07) is 7.74. The van der Waals surface area contributed by atoms with Crippen LogP contribution in [0.1, 0.15) is 39.0 Å². The maximum atomic E-state index is 12.3. The third kappa shape index (κ3) is 4.37. The van der Waals surface area contributed by atoms with E-state index < -0.39 is 0 Å². The van der Waals surface area contributed by atoms with Gasteiger partial charge >= 0.3 is 0 Å². The molecule has 9 heteroatoms. The van der Waals surface area contributed by atoms with Crippen LogP contribution >= 0.6 is 0 Å². The van der Waals surface area contributed by atoms with Crippen LogP contribution < -0.4 is 21.5 Å². The average Bonchev–Trinajstić information content (AvgIpc) is 3.26. The fourth-order valence-corrected chi connectivity index (χ4v) is 5.39. The second kappa shape index (κ2) is 8.80. The molecule has 0 aromatic carbocycles. The highest BCUT2D eigenvalue weighted by atomic mass is 16.2. The molecule has 0 aliphatic carbocycles. The Bertz CT molecular complexity index is 968. The van der Waals surface area contributed by atoms with E-state index in [4.69, 9.17) is 4.98 Å². The van der Waals surface area contributed by atoms with Crippen LogP contribution in [-0.2, 0) is 4.79 Å². The van der Waals surface area contributed by atoms with Crippen LogP contribution in [0.25, 0.3) is 10.9 Å². The molecule has 2 bridgehead atoms. The Morgan fingerprint density at radius 1 is 1.19 bits per heavy atom. The lowest BCUT2D eigenvalue weighted by atomic mass is 9.97. The molecule has 9 nitrogen and oxygen atoms in total. The molecule has 2 aromatic heterocycles. The number of likely N-dealkylation sites (N-methyl/N-ethyl adjacent to an activating group) is 1. The lowest BCUT2D eigenvalue weighted by molar-refractivity contribution is -0.131. The van der Waals surface area contributed by atoms with Gasteiger partial charge in [0.1, 0.15) is 11.6 Å². The molecular formula is C23H34N8O. The first-order chi connectivity index (χ1) is 15.5. The summed E-state index contributed by atoms with van der Waals surface area (Å²) >= 11 is 0. The number of carbonyl (C=O) groups is 1. The summed E-state index contributed by atoms with van der Waals surface area (Å²) in [7, 11) is 3.67. The van der Waals surface area contributed by atoms with E-state index in [0.29, 0.717) is 30.7 Å². The molecule has 5 atom stereocenters. The van der Waals surface area contributed by atoms with Gasteiger partial charge in [0.2, 0.25) is 5.91 Å². The van der Waals surface area contributed by atoms with Crippen molar-refractivity contribution in [1.82, 2.24) is 30.6 Å². The number of pyridine rings is 2. The maximum absolute atomic E-state index is 12.3. The Hall–Kier alpha value is -2.49. The molecule has 3 aliphatic heterocycles. The topological polar surface area (TPSA) is 97.5 Å². The summed E-state index contributed by atoms with van der Waals surface area (Å²) in [4.78, 5) is 25.9. The van der Waals surface area contributed by atoms with Crippen molar-refractivity contribution in [2.45, 2.75) is 69.4 Å². The summed E-state index contributed by atoms with van der Waals surface area (Å²) in [6.07, 6.45) is 7.35. The molecule has 3 unspecified atom stereocenters. The predicted molar refractivity (Wildman–Crippen MR) is 126 cm³/mol. The van der Waals surface area contributed by atoms with Gasteiger partial charge in [0.15, 0.2) is 0 Å². The zero-order valence-corrected chi connectivity index (χ0v) is 19.1. The number of fused-ring (bicyclic) bond motifs is 3. The molecule has 0 spiro atoms. The van der Waals surface area contributed by atoms with Crippen LogP contribution in [0.15, 0.2) is 24.4 Å². The number of amides is 1. The first-order valence-electron chi connectivity index (χ1n) is 11.7.